The van der Waals surface area contributed by atoms with Gasteiger partial charge in [-0.05, 0) is 24.1 Å². The van der Waals surface area contributed by atoms with E-state index in [2.05, 4.69) is 41.5 Å². The summed E-state index contributed by atoms with van der Waals surface area (Å²) in [4.78, 5) is 17.9. The summed E-state index contributed by atoms with van der Waals surface area (Å²) < 4.78 is 5.72. The predicted octanol–water partition coefficient (Wildman–Crippen LogP) is 3.98. The van der Waals surface area contributed by atoms with Gasteiger partial charge in [0.15, 0.2) is 11.2 Å². The third kappa shape index (κ3) is 3.56. The Bertz CT molecular complexity index is 894. The molecule has 25 heavy (non-hydrogen) atoms. The van der Waals surface area contributed by atoms with Crippen LogP contribution in [0.4, 0.5) is 5.13 Å². The van der Waals surface area contributed by atoms with E-state index in [0.717, 1.165) is 22.6 Å². The van der Waals surface area contributed by atoms with Crippen molar-refractivity contribution in [3.05, 3.63) is 76.3 Å². The number of benzene rings is 2. The Kier molecular flexibility index (Phi) is 4.24. The van der Waals surface area contributed by atoms with Crippen LogP contribution in [-0.2, 0) is 17.6 Å². The number of ether oxygens (including phenoxy) is 1. The molecule has 1 amide bonds. The average Bonchev–Trinajstić information content (AvgIpc) is 3.21. The maximum Gasteiger partial charge on any atom is 0.267 e. The van der Waals surface area contributed by atoms with Crippen LogP contribution in [0.25, 0.3) is 0 Å². The number of carbonyl (C=O) groups is 1. The highest BCUT2D eigenvalue weighted by Crippen LogP contribution is 2.29. The highest BCUT2D eigenvalue weighted by Gasteiger charge is 2.29. The number of nitrogens with zero attached hydrogens (tertiary/aromatic N) is 1. The quantitative estimate of drug-likeness (QED) is 0.774. The molecule has 1 N–H and O–H groups in total. The highest BCUT2D eigenvalue weighted by molar-refractivity contribution is 7.15. The van der Waals surface area contributed by atoms with E-state index in [1.165, 1.54) is 22.5 Å². The maximum absolute atomic E-state index is 12.4. The van der Waals surface area contributed by atoms with Crippen molar-refractivity contribution in [1.82, 2.24) is 4.98 Å². The smallest absolute Gasteiger partial charge is 0.267 e. The molecule has 0 radical (unpaired) electrons. The van der Waals surface area contributed by atoms with Crippen molar-refractivity contribution < 1.29 is 9.53 Å². The summed E-state index contributed by atoms with van der Waals surface area (Å²) in [5.41, 5.74) is 3.56. The molecule has 2 heterocycles. The van der Waals surface area contributed by atoms with Gasteiger partial charge in [0.1, 0.15) is 5.75 Å². The molecule has 3 aromatic rings. The van der Waals surface area contributed by atoms with Gasteiger partial charge in [-0.2, -0.15) is 0 Å². The molecule has 1 aromatic heterocycles. The minimum atomic E-state index is -0.485. The van der Waals surface area contributed by atoms with E-state index in [1.807, 2.05) is 30.5 Å². The van der Waals surface area contributed by atoms with Crippen molar-refractivity contribution in [2.75, 3.05) is 5.32 Å². The number of anilines is 1. The molecule has 0 fully saturated rings. The van der Waals surface area contributed by atoms with Crippen LogP contribution < -0.4 is 10.1 Å². The molecule has 1 aliphatic heterocycles. The number of para-hydroxylation sites is 1. The summed E-state index contributed by atoms with van der Waals surface area (Å²) in [6.45, 7) is 2.08. The molecule has 4 rings (SSSR count). The van der Waals surface area contributed by atoms with Crippen LogP contribution in [0.5, 0.6) is 5.75 Å². The van der Waals surface area contributed by atoms with Gasteiger partial charge in [0.2, 0.25) is 0 Å². The minimum Gasteiger partial charge on any atom is -0.480 e. The molecule has 0 aliphatic carbocycles. The van der Waals surface area contributed by atoms with Gasteiger partial charge in [0, 0.05) is 23.9 Å². The van der Waals surface area contributed by atoms with E-state index >= 15 is 0 Å². The second-order valence-electron chi connectivity index (χ2n) is 6.21. The van der Waals surface area contributed by atoms with E-state index < -0.39 is 6.10 Å². The first-order chi connectivity index (χ1) is 12.2. The zero-order valence-electron chi connectivity index (χ0n) is 13.9. The lowest BCUT2D eigenvalue weighted by Gasteiger charge is -2.09. The van der Waals surface area contributed by atoms with Gasteiger partial charge < -0.3 is 4.74 Å². The number of nitrogens with one attached hydrogen (secondary N) is 1. The molecule has 0 saturated heterocycles. The number of aryl methyl sites for hydroxylation is 1. The normalized spacial score (nSPS) is 15.5. The van der Waals surface area contributed by atoms with Gasteiger partial charge in [-0.3, -0.25) is 10.1 Å². The first kappa shape index (κ1) is 15.8. The van der Waals surface area contributed by atoms with Crippen LogP contribution in [0, 0.1) is 6.92 Å². The maximum atomic E-state index is 12.4. The fourth-order valence-electron chi connectivity index (χ4n) is 2.98. The molecule has 0 saturated carbocycles. The van der Waals surface area contributed by atoms with Gasteiger partial charge in [-0.1, -0.05) is 48.0 Å². The molecule has 4 nitrogen and oxygen atoms in total. The van der Waals surface area contributed by atoms with Crippen LogP contribution in [0.3, 0.4) is 0 Å². The molecular weight excluding hydrogens is 332 g/mol. The molecule has 0 bridgehead atoms. The van der Waals surface area contributed by atoms with E-state index in [0.29, 0.717) is 11.6 Å². The number of carbonyl (C=O) groups excluding carboxylic acids is 1. The van der Waals surface area contributed by atoms with Crippen LogP contribution >= 0.6 is 11.3 Å². The van der Waals surface area contributed by atoms with Crippen molar-refractivity contribution in [2.24, 2.45) is 0 Å². The van der Waals surface area contributed by atoms with E-state index in [4.69, 9.17) is 4.74 Å². The summed E-state index contributed by atoms with van der Waals surface area (Å²) in [7, 11) is 0. The molecule has 1 unspecified atom stereocenters. The second kappa shape index (κ2) is 6.69. The van der Waals surface area contributed by atoms with E-state index in [1.54, 1.807) is 0 Å². The summed E-state index contributed by atoms with van der Waals surface area (Å²) in [5.74, 6) is 0.648. The van der Waals surface area contributed by atoms with E-state index in [-0.39, 0.29) is 5.91 Å². The average molecular weight is 350 g/mol. The standard InChI is InChI=1S/C20H18N2O2S/c1-13-5-4-6-14(9-13)10-16-12-21-20(25-16)22-19(23)18-11-15-7-2-3-8-17(15)24-18/h2-9,12,18H,10-11H2,1H3,(H,21,22,23). The summed E-state index contributed by atoms with van der Waals surface area (Å²) in [5, 5.41) is 3.50. The first-order valence-corrected chi connectivity index (χ1v) is 9.05. The fraction of sp³-hybridized carbons (Fsp3) is 0.200. The number of amides is 1. The molecule has 1 aliphatic rings. The largest absolute Gasteiger partial charge is 0.480 e. The molecule has 0 spiro atoms. The topological polar surface area (TPSA) is 51.2 Å². The molecule has 2 aromatic carbocycles. The van der Waals surface area contributed by atoms with Crippen LogP contribution in [0.2, 0.25) is 0 Å². The Hall–Kier alpha value is -2.66. The van der Waals surface area contributed by atoms with Gasteiger partial charge >= 0.3 is 0 Å². The predicted molar refractivity (Wildman–Crippen MR) is 99.3 cm³/mol. The molecule has 1 atom stereocenters. The summed E-state index contributed by atoms with van der Waals surface area (Å²) in [6.07, 6.45) is 2.76. The first-order valence-electron chi connectivity index (χ1n) is 8.23. The van der Waals surface area contributed by atoms with Gasteiger partial charge in [-0.15, -0.1) is 11.3 Å². The summed E-state index contributed by atoms with van der Waals surface area (Å²) in [6, 6.07) is 16.2. The number of rotatable bonds is 4. The van der Waals surface area contributed by atoms with Crippen molar-refractivity contribution in [2.45, 2.75) is 25.9 Å². The third-order valence-corrected chi connectivity index (χ3v) is 5.10. The van der Waals surface area contributed by atoms with Crippen molar-refractivity contribution in [1.29, 1.82) is 0 Å². The fourth-order valence-corrected chi connectivity index (χ4v) is 3.83. The molecule has 5 heteroatoms. The SMILES string of the molecule is Cc1cccc(Cc2cnc(NC(=O)C3Cc4ccccc4O3)s2)c1. The monoisotopic (exact) mass is 350 g/mol. The Balaban J connectivity index is 1.39. The van der Waals surface area contributed by atoms with Crippen LogP contribution in [-0.4, -0.2) is 17.0 Å². The lowest BCUT2D eigenvalue weighted by Crippen LogP contribution is -2.31. The number of fused-ring (bicyclic) bond motifs is 1. The number of hydrogen-bond donors (Lipinski definition) is 1. The number of thiazole rings is 1. The van der Waals surface area contributed by atoms with Crippen molar-refractivity contribution >= 4 is 22.4 Å². The van der Waals surface area contributed by atoms with Gasteiger partial charge in [-0.25, -0.2) is 4.98 Å². The molecule has 126 valence electrons. The van der Waals surface area contributed by atoms with Gasteiger partial charge in [0.05, 0.1) is 0 Å². The van der Waals surface area contributed by atoms with Crippen molar-refractivity contribution in [3.8, 4) is 5.75 Å². The lowest BCUT2D eigenvalue weighted by molar-refractivity contribution is -0.122. The summed E-state index contributed by atoms with van der Waals surface area (Å²) >= 11 is 1.51. The third-order valence-electron chi connectivity index (χ3n) is 4.18. The van der Waals surface area contributed by atoms with Gasteiger partial charge in [0.25, 0.3) is 5.91 Å². The lowest BCUT2D eigenvalue weighted by atomic mass is 10.1. The Morgan fingerprint density at radius 3 is 3.00 bits per heavy atom. The number of hydrogen-bond acceptors (Lipinski definition) is 4. The Labute approximate surface area is 150 Å². The highest BCUT2D eigenvalue weighted by atomic mass is 32.1. The second-order valence-corrected chi connectivity index (χ2v) is 7.32. The van der Waals surface area contributed by atoms with Crippen LogP contribution in [0.1, 0.15) is 21.6 Å². The Morgan fingerprint density at radius 1 is 1.28 bits per heavy atom. The minimum absolute atomic E-state index is 0.146. The zero-order valence-corrected chi connectivity index (χ0v) is 14.7. The zero-order chi connectivity index (χ0) is 17.2. The van der Waals surface area contributed by atoms with Crippen molar-refractivity contribution in [3.63, 3.8) is 0 Å². The van der Waals surface area contributed by atoms with Crippen LogP contribution in [0.15, 0.2) is 54.7 Å². The van der Waals surface area contributed by atoms with E-state index in [9.17, 15) is 4.79 Å². The number of aromatic nitrogens is 1. The Morgan fingerprint density at radius 2 is 2.16 bits per heavy atom. The molecular formula is C20H18N2O2S.